The standard InChI is InChI=1S/C15H22F2N2O/c1-2-19(13-7-9-18-10-8-13)11-12-5-3-4-6-14(12)20-15(16)17/h3-6,13,15,18H,2,7-11H2,1H3. The van der Waals surface area contributed by atoms with Crippen molar-refractivity contribution in [3.63, 3.8) is 0 Å². The highest BCUT2D eigenvalue weighted by atomic mass is 19.3. The maximum Gasteiger partial charge on any atom is 0.387 e. The molecule has 1 heterocycles. The molecule has 5 heteroatoms. The Kier molecular flexibility index (Phi) is 5.73. The molecule has 2 rings (SSSR count). The largest absolute Gasteiger partial charge is 0.434 e. The predicted molar refractivity (Wildman–Crippen MR) is 75.0 cm³/mol. The molecule has 0 radical (unpaired) electrons. The topological polar surface area (TPSA) is 24.5 Å². The summed E-state index contributed by atoms with van der Waals surface area (Å²) >= 11 is 0. The fourth-order valence-electron chi connectivity index (χ4n) is 2.74. The van der Waals surface area contributed by atoms with E-state index >= 15 is 0 Å². The number of benzene rings is 1. The average Bonchev–Trinajstić information content (AvgIpc) is 2.46. The van der Waals surface area contributed by atoms with Crippen molar-refractivity contribution < 1.29 is 13.5 Å². The van der Waals surface area contributed by atoms with Gasteiger partial charge in [-0.05, 0) is 38.5 Å². The molecule has 3 nitrogen and oxygen atoms in total. The molecule has 1 aromatic rings. The monoisotopic (exact) mass is 284 g/mol. The molecule has 0 atom stereocenters. The van der Waals surface area contributed by atoms with Crippen LogP contribution in [0.4, 0.5) is 8.78 Å². The van der Waals surface area contributed by atoms with Gasteiger partial charge in [0.05, 0.1) is 0 Å². The Hall–Kier alpha value is -1.20. The van der Waals surface area contributed by atoms with Crippen LogP contribution >= 0.6 is 0 Å². The smallest absolute Gasteiger partial charge is 0.387 e. The van der Waals surface area contributed by atoms with Crippen LogP contribution in [-0.4, -0.2) is 37.2 Å². The Labute approximate surface area is 118 Å². The van der Waals surface area contributed by atoms with Crippen molar-refractivity contribution in [2.24, 2.45) is 0 Å². The normalized spacial score (nSPS) is 16.9. The van der Waals surface area contributed by atoms with Crippen molar-refractivity contribution in [1.82, 2.24) is 10.2 Å². The Morgan fingerprint density at radius 2 is 2.00 bits per heavy atom. The second kappa shape index (κ2) is 7.55. The number of hydrogen-bond donors (Lipinski definition) is 1. The highest BCUT2D eigenvalue weighted by molar-refractivity contribution is 5.33. The number of nitrogens with one attached hydrogen (secondary N) is 1. The summed E-state index contributed by atoms with van der Waals surface area (Å²) in [5.74, 6) is 0.287. The van der Waals surface area contributed by atoms with Crippen molar-refractivity contribution in [3.8, 4) is 5.75 Å². The zero-order valence-electron chi connectivity index (χ0n) is 11.8. The Balaban J connectivity index is 2.06. The molecule has 0 unspecified atom stereocenters. The number of alkyl halides is 2. The van der Waals surface area contributed by atoms with E-state index in [0.717, 1.165) is 38.0 Å². The van der Waals surface area contributed by atoms with Gasteiger partial charge in [-0.3, -0.25) is 4.90 Å². The van der Waals surface area contributed by atoms with Gasteiger partial charge in [-0.25, -0.2) is 0 Å². The fourth-order valence-corrected chi connectivity index (χ4v) is 2.74. The molecule has 112 valence electrons. The first-order valence-corrected chi connectivity index (χ1v) is 7.18. The molecule has 1 N–H and O–H groups in total. The quantitative estimate of drug-likeness (QED) is 0.869. The maximum absolute atomic E-state index is 12.4. The van der Waals surface area contributed by atoms with E-state index in [4.69, 9.17) is 0 Å². The summed E-state index contributed by atoms with van der Waals surface area (Å²) in [6.45, 7) is 2.95. The lowest BCUT2D eigenvalue weighted by Crippen LogP contribution is -2.42. The average molecular weight is 284 g/mol. The molecule has 1 aromatic carbocycles. The summed E-state index contributed by atoms with van der Waals surface area (Å²) in [5.41, 5.74) is 0.827. The van der Waals surface area contributed by atoms with Gasteiger partial charge in [0.15, 0.2) is 0 Å². The predicted octanol–water partition coefficient (Wildman–Crippen LogP) is 2.86. The number of halogens is 2. The second-order valence-corrected chi connectivity index (χ2v) is 5.03. The van der Waals surface area contributed by atoms with E-state index in [1.165, 1.54) is 0 Å². The third-order valence-electron chi connectivity index (χ3n) is 3.79. The van der Waals surface area contributed by atoms with E-state index in [1.54, 1.807) is 12.1 Å². The molecule has 0 amide bonds. The number of para-hydroxylation sites is 1. The van der Waals surface area contributed by atoms with Gasteiger partial charge in [0.1, 0.15) is 5.75 Å². The van der Waals surface area contributed by atoms with Crippen molar-refractivity contribution >= 4 is 0 Å². The molecule has 1 fully saturated rings. The minimum atomic E-state index is -2.77. The summed E-state index contributed by atoms with van der Waals surface area (Å²) in [6, 6.07) is 7.58. The molecular weight excluding hydrogens is 262 g/mol. The van der Waals surface area contributed by atoms with Crippen LogP contribution in [0.3, 0.4) is 0 Å². The van der Waals surface area contributed by atoms with Gasteiger partial charge in [-0.2, -0.15) is 8.78 Å². The van der Waals surface area contributed by atoms with Crippen molar-refractivity contribution in [2.45, 2.75) is 39.0 Å². The van der Waals surface area contributed by atoms with Crippen molar-refractivity contribution in [2.75, 3.05) is 19.6 Å². The molecule has 1 saturated heterocycles. The molecule has 20 heavy (non-hydrogen) atoms. The van der Waals surface area contributed by atoms with Crippen LogP contribution in [0.5, 0.6) is 5.75 Å². The lowest BCUT2D eigenvalue weighted by molar-refractivity contribution is -0.0508. The molecule has 0 spiro atoms. The van der Waals surface area contributed by atoms with E-state index < -0.39 is 6.61 Å². The van der Waals surface area contributed by atoms with Crippen LogP contribution in [0.2, 0.25) is 0 Å². The van der Waals surface area contributed by atoms with Gasteiger partial charge in [-0.1, -0.05) is 25.1 Å². The first kappa shape index (κ1) is 15.2. The fraction of sp³-hybridized carbons (Fsp3) is 0.600. The molecule has 0 saturated carbocycles. The third kappa shape index (κ3) is 4.15. The van der Waals surface area contributed by atoms with Gasteiger partial charge < -0.3 is 10.1 Å². The van der Waals surface area contributed by atoms with Crippen LogP contribution in [0.25, 0.3) is 0 Å². The van der Waals surface area contributed by atoms with Crippen molar-refractivity contribution in [1.29, 1.82) is 0 Å². The van der Waals surface area contributed by atoms with Crippen LogP contribution in [0.1, 0.15) is 25.3 Å². The summed E-state index contributed by atoms with van der Waals surface area (Å²) in [6.07, 6.45) is 2.21. The molecule has 0 aromatic heterocycles. The van der Waals surface area contributed by atoms with Gasteiger partial charge in [0.25, 0.3) is 0 Å². The molecular formula is C15H22F2N2O. The second-order valence-electron chi connectivity index (χ2n) is 5.03. The van der Waals surface area contributed by atoms with Gasteiger partial charge in [0.2, 0.25) is 0 Å². The van der Waals surface area contributed by atoms with Crippen LogP contribution in [0.15, 0.2) is 24.3 Å². The molecule has 1 aliphatic rings. The van der Waals surface area contributed by atoms with Gasteiger partial charge >= 0.3 is 6.61 Å². The molecule has 0 aliphatic carbocycles. The zero-order valence-corrected chi connectivity index (χ0v) is 11.8. The minimum absolute atomic E-state index is 0.287. The zero-order chi connectivity index (χ0) is 14.4. The number of nitrogens with zero attached hydrogens (tertiary/aromatic N) is 1. The first-order valence-electron chi connectivity index (χ1n) is 7.18. The SMILES string of the molecule is CCN(Cc1ccccc1OC(F)F)C1CCNCC1. The van der Waals surface area contributed by atoms with E-state index in [1.807, 2.05) is 12.1 Å². The minimum Gasteiger partial charge on any atom is -0.434 e. The molecule has 0 bridgehead atoms. The van der Waals surface area contributed by atoms with Crippen molar-refractivity contribution in [3.05, 3.63) is 29.8 Å². The highest BCUT2D eigenvalue weighted by Gasteiger charge is 2.21. The number of hydrogen-bond acceptors (Lipinski definition) is 3. The van der Waals surface area contributed by atoms with Crippen LogP contribution in [0, 0.1) is 0 Å². The van der Waals surface area contributed by atoms with Gasteiger partial charge in [0, 0.05) is 18.2 Å². The summed E-state index contributed by atoms with van der Waals surface area (Å²) < 4.78 is 29.5. The number of ether oxygens (including phenoxy) is 1. The number of rotatable bonds is 6. The Morgan fingerprint density at radius 1 is 1.30 bits per heavy atom. The lowest BCUT2D eigenvalue weighted by Gasteiger charge is -2.34. The third-order valence-corrected chi connectivity index (χ3v) is 3.79. The van der Waals surface area contributed by atoms with E-state index in [-0.39, 0.29) is 5.75 Å². The van der Waals surface area contributed by atoms with E-state index in [2.05, 4.69) is 21.9 Å². The van der Waals surface area contributed by atoms with Gasteiger partial charge in [-0.15, -0.1) is 0 Å². The summed E-state index contributed by atoms with van der Waals surface area (Å²) in [5, 5.41) is 3.34. The van der Waals surface area contributed by atoms with Crippen LogP contribution < -0.4 is 10.1 Å². The maximum atomic E-state index is 12.4. The lowest BCUT2D eigenvalue weighted by atomic mass is 10.0. The summed E-state index contributed by atoms with van der Waals surface area (Å²) in [4.78, 5) is 2.34. The van der Waals surface area contributed by atoms with Crippen LogP contribution in [-0.2, 0) is 6.54 Å². The highest BCUT2D eigenvalue weighted by Crippen LogP contribution is 2.24. The van der Waals surface area contributed by atoms with E-state index in [9.17, 15) is 8.78 Å². The van der Waals surface area contributed by atoms with E-state index in [0.29, 0.717) is 12.6 Å². The molecule has 1 aliphatic heterocycles. The first-order chi connectivity index (χ1) is 9.70. The Bertz CT molecular complexity index is 409. The number of piperidine rings is 1. The Morgan fingerprint density at radius 3 is 2.65 bits per heavy atom. The summed E-state index contributed by atoms with van der Waals surface area (Å²) in [7, 11) is 0.